The Kier molecular flexibility index (Phi) is 6.40. The SMILES string of the molecule is Cl.NC(=O)COc1ccc2c(c1)C(Cc1ccccc1)C(N1CCC1)CC2. The number of hydrogen-bond acceptors (Lipinski definition) is 3. The van der Waals surface area contributed by atoms with Crippen LogP contribution in [0.2, 0.25) is 0 Å². The zero-order valence-electron chi connectivity index (χ0n) is 15.5. The van der Waals surface area contributed by atoms with Crippen molar-refractivity contribution >= 4 is 18.3 Å². The van der Waals surface area contributed by atoms with Crippen molar-refractivity contribution in [2.45, 2.75) is 37.6 Å². The fourth-order valence-corrected chi connectivity index (χ4v) is 4.33. The summed E-state index contributed by atoms with van der Waals surface area (Å²) in [5.41, 5.74) is 9.38. The molecule has 2 unspecified atom stereocenters. The molecule has 1 amide bonds. The smallest absolute Gasteiger partial charge is 0.255 e. The molecule has 2 aromatic carbocycles. The van der Waals surface area contributed by atoms with Gasteiger partial charge in [0, 0.05) is 12.0 Å². The molecule has 2 aromatic rings. The van der Waals surface area contributed by atoms with Crippen LogP contribution in [-0.2, 0) is 17.6 Å². The van der Waals surface area contributed by atoms with Crippen LogP contribution < -0.4 is 10.5 Å². The Morgan fingerprint density at radius 2 is 1.93 bits per heavy atom. The minimum absolute atomic E-state index is 0. The van der Waals surface area contributed by atoms with E-state index >= 15 is 0 Å². The molecule has 5 heteroatoms. The number of carbonyl (C=O) groups excluding carboxylic acids is 1. The van der Waals surface area contributed by atoms with Crippen molar-refractivity contribution < 1.29 is 9.53 Å². The minimum Gasteiger partial charge on any atom is -0.484 e. The Balaban J connectivity index is 0.00000210. The average Bonchev–Trinajstić information content (AvgIpc) is 2.61. The van der Waals surface area contributed by atoms with Gasteiger partial charge in [0.25, 0.3) is 5.91 Å². The van der Waals surface area contributed by atoms with E-state index in [0.717, 1.165) is 18.6 Å². The van der Waals surface area contributed by atoms with Crippen molar-refractivity contribution in [3.05, 3.63) is 65.2 Å². The van der Waals surface area contributed by atoms with Gasteiger partial charge >= 0.3 is 0 Å². The van der Waals surface area contributed by atoms with Crippen LogP contribution in [0.5, 0.6) is 5.75 Å². The maximum absolute atomic E-state index is 11.0. The highest BCUT2D eigenvalue weighted by molar-refractivity contribution is 5.85. The number of nitrogens with two attached hydrogens (primary N) is 1. The summed E-state index contributed by atoms with van der Waals surface area (Å²) in [4.78, 5) is 13.7. The number of carbonyl (C=O) groups is 1. The van der Waals surface area contributed by atoms with E-state index < -0.39 is 5.91 Å². The quantitative estimate of drug-likeness (QED) is 0.828. The summed E-state index contributed by atoms with van der Waals surface area (Å²) >= 11 is 0. The number of halogens is 1. The Morgan fingerprint density at radius 1 is 1.15 bits per heavy atom. The third-order valence-electron chi connectivity index (χ3n) is 5.73. The summed E-state index contributed by atoms with van der Waals surface area (Å²) in [6.45, 7) is 2.35. The summed E-state index contributed by atoms with van der Waals surface area (Å²) < 4.78 is 5.58. The second kappa shape index (κ2) is 8.77. The van der Waals surface area contributed by atoms with Crippen LogP contribution in [0.15, 0.2) is 48.5 Å². The van der Waals surface area contributed by atoms with E-state index in [4.69, 9.17) is 10.5 Å². The molecule has 2 N–H and O–H groups in total. The molecule has 0 saturated carbocycles. The van der Waals surface area contributed by atoms with Crippen LogP contribution in [0, 0.1) is 0 Å². The number of hydrogen-bond donors (Lipinski definition) is 1. The van der Waals surface area contributed by atoms with Gasteiger partial charge in [-0.3, -0.25) is 9.69 Å². The van der Waals surface area contributed by atoms with E-state index in [2.05, 4.69) is 47.4 Å². The third-order valence-corrected chi connectivity index (χ3v) is 5.73. The maximum atomic E-state index is 11.0. The molecule has 1 heterocycles. The lowest BCUT2D eigenvalue weighted by Crippen LogP contribution is -2.49. The number of ether oxygens (including phenoxy) is 1. The Labute approximate surface area is 167 Å². The fourth-order valence-electron chi connectivity index (χ4n) is 4.33. The molecule has 1 aliphatic heterocycles. The normalized spacial score (nSPS) is 21.5. The van der Waals surface area contributed by atoms with Gasteiger partial charge in [0.2, 0.25) is 0 Å². The largest absolute Gasteiger partial charge is 0.484 e. The lowest BCUT2D eigenvalue weighted by Gasteiger charge is -2.45. The van der Waals surface area contributed by atoms with Crippen molar-refractivity contribution in [2.75, 3.05) is 19.7 Å². The van der Waals surface area contributed by atoms with Gasteiger partial charge in [-0.05, 0) is 67.6 Å². The summed E-state index contributed by atoms with van der Waals surface area (Å²) in [5.74, 6) is 0.755. The number of benzene rings is 2. The molecule has 0 aromatic heterocycles. The van der Waals surface area contributed by atoms with Crippen molar-refractivity contribution in [3.8, 4) is 5.75 Å². The van der Waals surface area contributed by atoms with Gasteiger partial charge < -0.3 is 10.5 Å². The van der Waals surface area contributed by atoms with Crippen LogP contribution in [0.4, 0.5) is 0 Å². The molecule has 2 atom stereocenters. The van der Waals surface area contributed by atoms with E-state index in [9.17, 15) is 4.79 Å². The van der Waals surface area contributed by atoms with E-state index in [1.54, 1.807) is 0 Å². The first-order valence-corrected chi connectivity index (χ1v) is 9.52. The third kappa shape index (κ3) is 4.45. The molecule has 0 bridgehead atoms. The number of likely N-dealkylation sites (tertiary alicyclic amines) is 1. The zero-order chi connectivity index (χ0) is 17.9. The molecular formula is C22H27ClN2O2. The van der Waals surface area contributed by atoms with Gasteiger partial charge in [-0.1, -0.05) is 36.4 Å². The van der Waals surface area contributed by atoms with E-state index in [1.807, 2.05) is 6.07 Å². The molecule has 1 aliphatic carbocycles. The number of amides is 1. The van der Waals surface area contributed by atoms with Gasteiger partial charge in [-0.15, -0.1) is 12.4 Å². The summed E-state index contributed by atoms with van der Waals surface area (Å²) in [7, 11) is 0. The first kappa shape index (κ1) is 19.7. The molecule has 27 heavy (non-hydrogen) atoms. The van der Waals surface area contributed by atoms with Gasteiger partial charge in [0.05, 0.1) is 0 Å². The Hall–Kier alpha value is -2.04. The van der Waals surface area contributed by atoms with Crippen molar-refractivity contribution in [2.24, 2.45) is 5.73 Å². The molecule has 4 nitrogen and oxygen atoms in total. The van der Waals surface area contributed by atoms with Crippen LogP contribution in [-0.4, -0.2) is 36.5 Å². The van der Waals surface area contributed by atoms with Gasteiger partial charge in [0.15, 0.2) is 6.61 Å². The minimum atomic E-state index is -0.443. The summed E-state index contributed by atoms with van der Waals surface area (Å²) in [5, 5.41) is 0. The number of primary amides is 1. The topological polar surface area (TPSA) is 55.6 Å². The average molecular weight is 387 g/mol. The van der Waals surface area contributed by atoms with Crippen LogP contribution in [0.3, 0.4) is 0 Å². The van der Waals surface area contributed by atoms with Gasteiger partial charge in [-0.25, -0.2) is 0 Å². The second-order valence-electron chi connectivity index (χ2n) is 7.41. The second-order valence-corrected chi connectivity index (χ2v) is 7.41. The molecule has 1 saturated heterocycles. The molecular weight excluding hydrogens is 360 g/mol. The van der Waals surface area contributed by atoms with E-state index in [0.29, 0.717) is 12.0 Å². The predicted octanol–water partition coefficient (Wildman–Crippen LogP) is 3.32. The molecule has 1 fully saturated rings. The summed E-state index contributed by atoms with van der Waals surface area (Å²) in [6, 6.07) is 17.6. The lowest BCUT2D eigenvalue weighted by molar-refractivity contribution is -0.119. The van der Waals surface area contributed by atoms with E-state index in [1.165, 1.54) is 42.6 Å². The highest BCUT2D eigenvalue weighted by Crippen LogP contribution is 2.40. The molecule has 4 rings (SSSR count). The Bertz CT molecular complexity index is 777. The van der Waals surface area contributed by atoms with E-state index in [-0.39, 0.29) is 19.0 Å². The van der Waals surface area contributed by atoms with Crippen LogP contribution in [0.25, 0.3) is 0 Å². The molecule has 2 aliphatic rings. The molecule has 144 valence electrons. The number of aryl methyl sites for hydroxylation is 1. The molecule has 0 radical (unpaired) electrons. The summed E-state index contributed by atoms with van der Waals surface area (Å²) in [6.07, 6.45) is 4.67. The van der Waals surface area contributed by atoms with Crippen molar-refractivity contribution in [1.29, 1.82) is 0 Å². The first-order chi connectivity index (χ1) is 12.7. The lowest BCUT2D eigenvalue weighted by atomic mass is 9.75. The standard InChI is InChI=1S/C22H26N2O2.ClH/c23-22(25)15-26-18-9-7-17-8-10-21(24-11-4-12-24)20(19(17)14-18)13-16-5-2-1-3-6-16;/h1-3,5-7,9,14,20-21H,4,8,10-13,15H2,(H2,23,25);1H. The van der Waals surface area contributed by atoms with Crippen molar-refractivity contribution in [1.82, 2.24) is 4.90 Å². The van der Waals surface area contributed by atoms with Gasteiger partial charge in [0.1, 0.15) is 5.75 Å². The zero-order valence-corrected chi connectivity index (χ0v) is 16.3. The number of nitrogens with zero attached hydrogens (tertiary/aromatic N) is 1. The van der Waals surface area contributed by atoms with Gasteiger partial charge in [-0.2, -0.15) is 0 Å². The fraction of sp³-hybridized carbons (Fsp3) is 0.409. The first-order valence-electron chi connectivity index (χ1n) is 9.52. The monoisotopic (exact) mass is 386 g/mol. The highest BCUT2D eigenvalue weighted by atomic mass is 35.5. The Morgan fingerprint density at radius 3 is 2.59 bits per heavy atom. The maximum Gasteiger partial charge on any atom is 0.255 e. The molecule has 0 spiro atoms. The number of rotatable bonds is 6. The van der Waals surface area contributed by atoms with Crippen LogP contribution >= 0.6 is 12.4 Å². The highest BCUT2D eigenvalue weighted by Gasteiger charge is 2.35. The van der Waals surface area contributed by atoms with Crippen LogP contribution in [0.1, 0.15) is 35.4 Å². The predicted molar refractivity (Wildman–Crippen MR) is 110 cm³/mol. The number of fused-ring (bicyclic) bond motifs is 1. The van der Waals surface area contributed by atoms with Crippen molar-refractivity contribution in [3.63, 3.8) is 0 Å².